The van der Waals surface area contributed by atoms with Crippen LogP contribution in [0.25, 0.3) is 0 Å². The molecule has 2 nitrogen and oxygen atoms in total. The van der Waals surface area contributed by atoms with E-state index in [-0.39, 0.29) is 0 Å². The molecule has 18 heavy (non-hydrogen) atoms. The maximum atomic E-state index is 6.26. The van der Waals surface area contributed by atoms with Crippen LogP contribution in [0.4, 0.5) is 5.69 Å². The lowest BCUT2D eigenvalue weighted by molar-refractivity contribution is 0.435. The van der Waals surface area contributed by atoms with Gasteiger partial charge in [-0.3, -0.25) is 0 Å². The lowest BCUT2D eigenvalue weighted by Crippen LogP contribution is -2.24. The minimum absolute atomic E-state index is 0.381. The maximum absolute atomic E-state index is 6.26. The summed E-state index contributed by atoms with van der Waals surface area (Å²) >= 11 is 11.2. The lowest BCUT2D eigenvalue weighted by atomic mass is 9.97. The zero-order valence-corrected chi connectivity index (χ0v) is 12.3. The Morgan fingerprint density at radius 1 is 1.39 bits per heavy atom. The molecule has 1 saturated carbocycles. The van der Waals surface area contributed by atoms with Crippen LogP contribution in [0, 0.1) is 11.8 Å². The Morgan fingerprint density at radius 2 is 2.11 bits per heavy atom. The van der Waals surface area contributed by atoms with Crippen molar-refractivity contribution in [3.8, 4) is 0 Å². The first-order valence-electron chi connectivity index (χ1n) is 6.35. The molecule has 0 heterocycles. The van der Waals surface area contributed by atoms with Gasteiger partial charge in [0.25, 0.3) is 0 Å². The molecule has 0 saturated heterocycles. The highest BCUT2D eigenvalue weighted by Crippen LogP contribution is 2.34. The third-order valence-corrected chi connectivity index (χ3v) is 4.61. The standard InChI is InChI=1S/C14H19ClN2S/c1-8-3-5-12(9(8)2)17-13-6-4-10(14(16)18)7-11(13)15/h4,6-9,12,17H,3,5H2,1-2H3,(H2,16,18). The van der Waals surface area contributed by atoms with E-state index in [2.05, 4.69) is 19.2 Å². The summed E-state index contributed by atoms with van der Waals surface area (Å²) in [6.07, 6.45) is 2.48. The van der Waals surface area contributed by atoms with Crippen molar-refractivity contribution in [1.29, 1.82) is 0 Å². The SMILES string of the molecule is CC1CCC(Nc2ccc(C(N)=S)cc2Cl)C1C. The summed E-state index contributed by atoms with van der Waals surface area (Å²) in [6.45, 7) is 4.61. The zero-order chi connectivity index (χ0) is 13.3. The van der Waals surface area contributed by atoms with Crippen molar-refractivity contribution in [3.63, 3.8) is 0 Å². The van der Waals surface area contributed by atoms with Crippen LogP contribution in [0.15, 0.2) is 18.2 Å². The fourth-order valence-electron chi connectivity index (χ4n) is 2.55. The molecule has 0 aliphatic heterocycles. The van der Waals surface area contributed by atoms with Gasteiger partial charge in [0.1, 0.15) is 4.99 Å². The van der Waals surface area contributed by atoms with Gasteiger partial charge in [-0.05, 0) is 42.9 Å². The number of nitrogens with two attached hydrogens (primary N) is 1. The summed E-state index contributed by atoms with van der Waals surface area (Å²) < 4.78 is 0. The number of thiocarbonyl (C=S) groups is 1. The van der Waals surface area contributed by atoms with Gasteiger partial charge in [-0.15, -0.1) is 0 Å². The van der Waals surface area contributed by atoms with Crippen molar-refractivity contribution in [2.24, 2.45) is 17.6 Å². The summed E-state index contributed by atoms with van der Waals surface area (Å²) in [7, 11) is 0. The summed E-state index contributed by atoms with van der Waals surface area (Å²) in [4.78, 5) is 0.381. The minimum Gasteiger partial charge on any atom is -0.389 e. The van der Waals surface area contributed by atoms with E-state index in [1.807, 2.05) is 18.2 Å². The van der Waals surface area contributed by atoms with Crippen LogP contribution in [0.1, 0.15) is 32.3 Å². The number of anilines is 1. The van der Waals surface area contributed by atoms with Gasteiger partial charge in [0.15, 0.2) is 0 Å². The molecule has 0 radical (unpaired) electrons. The molecule has 1 aliphatic rings. The number of nitrogens with one attached hydrogen (secondary N) is 1. The molecule has 0 aromatic heterocycles. The summed E-state index contributed by atoms with van der Waals surface area (Å²) in [5.41, 5.74) is 7.38. The van der Waals surface area contributed by atoms with Gasteiger partial charge in [0.2, 0.25) is 0 Å². The monoisotopic (exact) mass is 282 g/mol. The highest BCUT2D eigenvalue weighted by Gasteiger charge is 2.29. The highest BCUT2D eigenvalue weighted by atomic mass is 35.5. The quantitative estimate of drug-likeness (QED) is 0.828. The van der Waals surface area contributed by atoms with E-state index in [1.165, 1.54) is 12.8 Å². The summed E-state index contributed by atoms with van der Waals surface area (Å²) in [5, 5.41) is 4.23. The van der Waals surface area contributed by atoms with Gasteiger partial charge >= 0.3 is 0 Å². The Bertz CT molecular complexity index is 461. The molecule has 3 atom stereocenters. The molecule has 1 fully saturated rings. The second kappa shape index (κ2) is 5.45. The van der Waals surface area contributed by atoms with E-state index < -0.39 is 0 Å². The Morgan fingerprint density at radius 3 is 2.61 bits per heavy atom. The summed E-state index contributed by atoms with van der Waals surface area (Å²) in [6, 6.07) is 6.22. The molecule has 0 spiro atoms. The fraction of sp³-hybridized carbons (Fsp3) is 0.500. The molecular formula is C14H19ClN2S. The number of benzene rings is 1. The Kier molecular flexibility index (Phi) is 4.13. The normalized spacial score (nSPS) is 27.2. The minimum atomic E-state index is 0.381. The number of hydrogen-bond acceptors (Lipinski definition) is 2. The third kappa shape index (κ3) is 2.78. The maximum Gasteiger partial charge on any atom is 0.104 e. The van der Waals surface area contributed by atoms with Crippen molar-refractivity contribution < 1.29 is 0 Å². The molecule has 1 aliphatic carbocycles. The van der Waals surface area contributed by atoms with Crippen LogP contribution in [-0.4, -0.2) is 11.0 Å². The van der Waals surface area contributed by atoms with Crippen LogP contribution in [-0.2, 0) is 0 Å². The molecule has 98 valence electrons. The Labute approximate surface area is 119 Å². The van der Waals surface area contributed by atoms with E-state index in [9.17, 15) is 0 Å². The van der Waals surface area contributed by atoms with Gasteiger partial charge in [-0.2, -0.15) is 0 Å². The molecule has 0 bridgehead atoms. The molecule has 0 amide bonds. The van der Waals surface area contributed by atoms with E-state index in [4.69, 9.17) is 29.6 Å². The van der Waals surface area contributed by atoms with Gasteiger partial charge < -0.3 is 11.1 Å². The van der Waals surface area contributed by atoms with Crippen LogP contribution >= 0.6 is 23.8 Å². The first-order chi connectivity index (χ1) is 8.49. The van der Waals surface area contributed by atoms with E-state index >= 15 is 0 Å². The topological polar surface area (TPSA) is 38.0 Å². The lowest BCUT2D eigenvalue weighted by Gasteiger charge is -2.21. The molecule has 2 rings (SSSR count). The van der Waals surface area contributed by atoms with E-state index in [0.717, 1.165) is 17.2 Å². The average Bonchev–Trinajstić information content (AvgIpc) is 2.63. The zero-order valence-electron chi connectivity index (χ0n) is 10.7. The number of halogens is 1. The Balaban J connectivity index is 2.13. The number of rotatable bonds is 3. The van der Waals surface area contributed by atoms with Crippen LogP contribution in [0.5, 0.6) is 0 Å². The largest absolute Gasteiger partial charge is 0.389 e. The molecule has 1 aromatic carbocycles. The Hall–Kier alpha value is -0.800. The highest BCUT2D eigenvalue weighted by molar-refractivity contribution is 7.80. The number of hydrogen-bond donors (Lipinski definition) is 2. The smallest absolute Gasteiger partial charge is 0.104 e. The van der Waals surface area contributed by atoms with Gasteiger partial charge in [0, 0.05) is 11.6 Å². The fourth-order valence-corrected chi connectivity index (χ4v) is 2.92. The molecule has 1 aromatic rings. The average molecular weight is 283 g/mol. The molecule has 3 N–H and O–H groups in total. The predicted octanol–water partition coefficient (Wildman–Crippen LogP) is 3.82. The molecule has 3 unspecified atom stereocenters. The van der Waals surface area contributed by atoms with Crippen molar-refractivity contribution >= 4 is 34.5 Å². The molecule has 4 heteroatoms. The van der Waals surface area contributed by atoms with Crippen LogP contribution in [0.2, 0.25) is 5.02 Å². The third-order valence-electron chi connectivity index (χ3n) is 4.06. The second-order valence-corrected chi connectivity index (χ2v) is 6.07. The van der Waals surface area contributed by atoms with E-state index in [0.29, 0.717) is 22.0 Å². The van der Waals surface area contributed by atoms with Crippen LogP contribution in [0.3, 0.4) is 0 Å². The van der Waals surface area contributed by atoms with Crippen molar-refractivity contribution in [2.75, 3.05) is 5.32 Å². The van der Waals surface area contributed by atoms with Gasteiger partial charge in [0.05, 0.1) is 10.7 Å². The predicted molar refractivity (Wildman–Crippen MR) is 82.3 cm³/mol. The molecular weight excluding hydrogens is 264 g/mol. The second-order valence-electron chi connectivity index (χ2n) is 5.22. The van der Waals surface area contributed by atoms with Crippen LogP contribution < -0.4 is 11.1 Å². The first kappa shape index (κ1) is 13.6. The van der Waals surface area contributed by atoms with Gasteiger partial charge in [-0.25, -0.2) is 0 Å². The first-order valence-corrected chi connectivity index (χ1v) is 7.13. The van der Waals surface area contributed by atoms with Crippen molar-refractivity contribution in [1.82, 2.24) is 0 Å². The van der Waals surface area contributed by atoms with Crippen molar-refractivity contribution in [3.05, 3.63) is 28.8 Å². The van der Waals surface area contributed by atoms with Gasteiger partial charge in [-0.1, -0.05) is 37.7 Å². The van der Waals surface area contributed by atoms with Crippen molar-refractivity contribution in [2.45, 2.75) is 32.7 Å². The van der Waals surface area contributed by atoms with E-state index in [1.54, 1.807) is 0 Å². The summed E-state index contributed by atoms with van der Waals surface area (Å²) in [5.74, 6) is 1.45.